The van der Waals surface area contributed by atoms with Gasteiger partial charge in [-0.25, -0.2) is 0 Å². The molecule has 1 fully saturated rings. The van der Waals surface area contributed by atoms with E-state index in [-0.39, 0.29) is 11.8 Å². The maximum Gasteiger partial charge on any atom is 0.251 e. The van der Waals surface area contributed by atoms with Crippen LogP contribution in [0.25, 0.3) is 0 Å². The number of carbonyl (C=O) groups is 1. The molecule has 0 saturated carbocycles. The van der Waals surface area contributed by atoms with E-state index in [4.69, 9.17) is 0 Å². The highest BCUT2D eigenvalue weighted by Crippen LogP contribution is 2.18. The first-order valence-corrected chi connectivity index (χ1v) is 5.02. The highest BCUT2D eigenvalue weighted by Gasteiger charge is 2.30. The predicted octanol–water partition coefficient (Wildman–Crippen LogP) is 1.01. The second kappa shape index (κ2) is 4.09. The van der Waals surface area contributed by atoms with Crippen LogP contribution in [0.3, 0.4) is 0 Å². The number of hydrogen-bond acceptors (Lipinski definition) is 2. The number of carbonyl (C=O) groups excluding carboxylic acids is 1. The van der Waals surface area contributed by atoms with E-state index in [1.807, 2.05) is 20.8 Å². The third-order valence-electron chi connectivity index (χ3n) is 2.72. The molecule has 1 unspecified atom stereocenters. The molecule has 1 N–H and O–H groups in total. The van der Waals surface area contributed by atoms with Gasteiger partial charge in [-0.3, -0.25) is 4.79 Å². The Morgan fingerprint density at radius 2 is 2.15 bits per heavy atom. The fourth-order valence-electron chi connectivity index (χ4n) is 1.72. The van der Waals surface area contributed by atoms with E-state index in [9.17, 15) is 9.90 Å². The summed E-state index contributed by atoms with van der Waals surface area (Å²) in [7, 11) is 0. The fourth-order valence-corrected chi connectivity index (χ4v) is 1.72. The van der Waals surface area contributed by atoms with Crippen LogP contribution >= 0.6 is 0 Å². The SMILES string of the molecule is CC(C)[C@@H](O)C(=O)N1CCCC1C. The lowest BCUT2D eigenvalue weighted by Crippen LogP contribution is -2.43. The van der Waals surface area contributed by atoms with Crippen LogP contribution in [-0.2, 0) is 4.79 Å². The number of amides is 1. The molecule has 3 nitrogen and oxygen atoms in total. The van der Waals surface area contributed by atoms with Crippen molar-refractivity contribution in [1.29, 1.82) is 0 Å². The molecule has 13 heavy (non-hydrogen) atoms. The summed E-state index contributed by atoms with van der Waals surface area (Å²) in [6, 6.07) is 0.306. The zero-order valence-electron chi connectivity index (χ0n) is 8.66. The van der Waals surface area contributed by atoms with E-state index in [0.29, 0.717) is 6.04 Å². The van der Waals surface area contributed by atoms with E-state index < -0.39 is 6.10 Å². The Morgan fingerprint density at radius 3 is 2.54 bits per heavy atom. The smallest absolute Gasteiger partial charge is 0.251 e. The second-order valence-corrected chi connectivity index (χ2v) is 4.21. The molecule has 1 aliphatic heterocycles. The standard InChI is InChI=1S/C10H19NO2/c1-7(2)9(12)10(13)11-6-4-5-8(11)3/h7-9,12H,4-6H2,1-3H3/t8?,9-/m1/s1. The van der Waals surface area contributed by atoms with Gasteiger partial charge in [0.1, 0.15) is 6.10 Å². The van der Waals surface area contributed by atoms with Crippen molar-refractivity contribution in [3.05, 3.63) is 0 Å². The lowest BCUT2D eigenvalue weighted by Gasteiger charge is -2.25. The van der Waals surface area contributed by atoms with Gasteiger partial charge in [0.25, 0.3) is 5.91 Å². The lowest BCUT2D eigenvalue weighted by atomic mass is 10.1. The van der Waals surface area contributed by atoms with Crippen molar-refractivity contribution in [2.75, 3.05) is 6.54 Å². The molecule has 1 amide bonds. The van der Waals surface area contributed by atoms with E-state index in [1.54, 1.807) is 4.90 Å². The van der Waals surface area contributed by atoms with Gasteiger partial charge in [0.15, 0.2) is 0 Å². The summed E-state index contributed by atoms with van der Waals surface area (Å²) >= 11 is 0. The highest BCUT2D eigenvalue weighted by molar-refractivity contribution is 5.81. The van der Waals surface area contributed by atoms with Crippen LogP contribution < -0.4 is 0 Å². The summed E-state index contributed by atoms with van der Waals surface area (Å²) < 4.78 is 0. The summed E-state index contributed by atoms with van der Waals surface area (Å²) in [6.07, 6.45) is 1.31. The van der Waals surface area contributed by atoms with Crippen LogP contribution in [0.1, 0.15) is 33.6 Å². The van der Waals surface area contributed by atoms with Gasteiger partial charge in [-0.05, 0) is 25.7 Å². The highest BCUT2D eigenvalue weighted by atomic mass is 16.3. The summed E-state index contributed by atoms with van der Waals surface area (Å²) in [5.74, 6) is -0.0831. The molecule has 0 aromatic carbocycles. The fraction of sp³-hybridized carbons (Fsp3) is 0.900. The average molecular weight is 185 g/mol. The van der Waals surface area contributed by atoms with Crippen LogP contribution in [0.4, 0.5) is 0 Å². The number of aliphatic hydroxyl groups is 1. The molecule has 0 spiro atoms. The first kappa shape index (κ1) is 10.5. The Balaban J connectivity index is 2.56. The minimum atomic E-state index is -0.819. The van der Waals surface area contributed by atoms with Crippen molar-refractivity contribution in [2.45, 2.75) is 45.8 Å². The molecule has 2 atom stereocenters. The minimum Gasteiger partial charge on any atom is -0.383 e. The Kier molecular flexibility index (Phi) is 3.31. The predicted molar refractivity (Wildman–Crippen MR) is 51.3 cm³/mol. The Hall–Kier alpha value is -0.570. The van der Waals surface area contributed by atoms with Gasteiger partial charge in [0, 0.05) is 12.6 Å². The number of likely N-dealkylation sites (tertiary alicyclic amines) is 1. The van der Waals surface area contributed by atoms with Crippen molar-refractivity contribution in [3.63, 3.8) is 0 Å². The average Bonchev–Trinajstić information content (AvgIpc) is 2.48. The second-order valence-electron chi connectivity index (χ2n) is 4.21. The molecule has 0 aliphatic carbocycles. The molecule has 0 bridgehead atoms. The Labute approximate surface area is 79.7 Å². The monoisotopic (exact) mass is 185 g/mol. The van der Waals surface area contributed by atoms with Crippen LogP contribution in [0.15, 0.2) is 0 Å². The number of hydrogen-bond donors (Lipinski definition) is 1. The normalized spacial score (nSPS) is 25.3. The van der Waals surface area contributed by atoms with Crippen molar-refractivity contribution in [2.24, 2.45) is 5.92 Å². The Bertz CT molecular complexity index is 191. The van der Waals surface area contributed by atoms with Gasteiger partial charge >= 0.3 is 0 Å². The van der Waals surface area contributed by atoms with Crippen molar-refractivity contribution >= 4 is 5.91 Å². The molecule has 0 aromatic rings. The first-order chi connectivity index (χ1) is 6.04. The maximum absolute atomic E-state index is 11.7. The molecule has 76 valence electrons. The summed E-state index contributed by atoms with van der Waals surface area (Å²) in [5, 5.41) is 9.58. The summed E-state index contributed by atoms with van der Waals surface area (Å²) in [4.78, 5) is 13.5. The van der Waals surface area contributed by atoms with Gasteiger partial charge in [0.2, 0.25) is 0 Å². The number of nitrogens with zero attached hydrogens (tertiary/aromatic N) is 1. The third kappa shape index (κ3) is 2.21. The lowest BCUT2D eigenvalue weighted by molar-refractivity contribution is -0.142. The molecule has 0 radical (unpaired) electrons. The minimum absolute atomic E-state index is 0.0142. The molecule has 3 heteroatoms. The van der Waals surface area contributed by atoms with Crippen LogP contribution in [0, 0.1) is 5.92 Å². The van der Waals surface area contributed by atoms with Crippen LogP contribution in [0.5, 0.6) is 0 Å². The molecular weight excluding hydrogens is 166 g/mol. The maximum atomic E-state index is 11.7. The van der Waals surface area contributed by atoms with E-state index in [0.717, 1.165) is 19.4 Å². The quantitative estimate of drug-likeness (QED) is 0.697. The van der Waals surface area contributed by atoms with E-state index in [1.165, 1.54) is 0 Å². The van der Waals surface area contributed by atoms with Gasteiger partial charge in [-0.15, -0.1) is 0 Å². The van der Waals surface area contributed by atoms with Gasteiger partial charge in [-0.2, -0.15) is 0 Å². The summed E-state index contributed by atoms with van der Waals surface area (Å²) in [6.45, 7) is 6.58. The van der Waals surface area contributed by atoms with E-state index >= 15 is 0 Å². The van der Waals surface area contributed by atoms with Gasteiger partial charge < -0.3 is 10.0 Å². The van der Waals surface area contributed by atoms with Crippen LogP contribution in [0.2, 0.25) is 0 Å². The largest absolute Gasteiger partial charge is 0.383 e. The van der Waals surface area contributed by atoms with Crippen molar-refractivity contribution in [1.82, 2.24) is 4.90 Å². The number of aliphatic hydroxyl groups excluding tert-OH is 1. The summed E-state index contributed by atoms with van der Waals surface area (Å²) in [5.41, 5.74) is 0. The molecule has 1 rings (SSSR count). The van der Waals surface area contributed by atoms with Gasteiger partial charge in [0.05, 0.1) is 0 Å². The van der Waals surface area contributed by atoms with Gasteiger partial charge in [-0.1, -0.05) is 13.8 Å². The first-order valence-electron chi connectivity index (χ1n) is 5.02. The topological polar surface area (TPSA) is 40.5 Å². The van der Waals surface area contributed by atoms with E-state index in [2.05, 4.69) is 0 Å². The molecule has 1 saturated heterocycles. The zero-order valence-corrected chi connectivity index (χ0v) is 8.66. The van der Waals surface area contributed by atoms with Crippen molar-refractivity contribution < 1.29 is 9.90 Å². The number of rotatable bonds is 2. The molecule has 0 aromatic heterocycles. The molecule has 1 aliphatic rings. The molecule has 1 heterocycles. The Morgan fingerprint density at radius 1 is 1.54 bits per heavy atom. The molecular formula is C10H19NO2. The van der Waals surface area contributed by atoms with Crippen LogP contribution in [-0.4, -0.2) is 34.6 Å². The zero-order chi connectivity index (χ0) is 10.0. The third-order valence-corrected chi connectivity index (χ3v) is 2.72. The van der Waals surface area contributed by atoms with Crippen molar-refractivity contribution in [3.8, 4) is 0 Å².